The highest BCUT2D eigenvalue weighted by Gasteiger charge is 2.69. The molecule has 1 N–H and O–H groups in total. The van der Waals surface area contributed by atoms with E-state index in [9.17, 15) is 14.4 Å². The number of carbonyl (C=O) groups is 4. The molecule has 4 aliphatic heterocycles. The zero-order chi connectivity index (χ0) is 40.0. The van der Waals surface area contributed by atoms with Crippen molar-refractivity contribution in [1.82, 2.24) is 9.88 Å². The monoisotopic (exact) mass is 833 g/mol. The molecule has 5 fully saturated rings. The van der Waals surface area contributed by atoms with Crippen LogP contribution >= 0.6 is 21.6 Å². The first-order valence-electron chi connectivity index (χ1n) is 22.7. The Morgan fingerprint density at radius 1 is 0.915 bits per heavy atom. The van der Waals surface area contributed by atoms with E-state index in [1.165, 1.54) is 68.4 Å². The highest BCUT2D eigenvalue weighted by Crippen LogP contribution is 2.72. The number of allylic oxidation sites excluding steroid dienone is 4. The number of cyclic esters (lactones) is 1. The van der Waals surface area contributed by atoms with Crippen LogP contribution < -0.4 is 5.32 Å². The molecule has 9 nitrogen and oxygen atoms in total. The van der Waals surface area contributed by atoms with E-state index in [0.717, 1.165) is 90.5 Å². The predicted molar refractivity (Wildman–Crippen MR) is 228 cm³/mol. The third-order valence-corrected chi connectivity index (χ3v) is 19.6. The molecular formula is C48H55N3O6S2. The lowest BCUT2D eigenvalue weighted by Gasteiger charge is -2.57. The number of hydrogen-bond donors (Lipinski definition) is 1. The van der Waals surface area contributed by atoms with Crippen molar-refractivity contribution in [1.29, 1.82) is 0 Å². The maximum absolute atomic E-state index is 15.0. The number of carbonyl (C=O) groups excluding carboxylic acids is 4. The van der Waals surface area contributed by atoms with E-state index in [1.807, 2.05) is 33.7 Å². The van der Waals surface area contributed by atoms with Gasteiger partial charge in [0.1, 0.15) is 17.3 Å². The minimum Gasteiger partial charge on any atom is -0.427 e. The van der Waals surface area contributed by atoms with Gasteiger partial charge in [-0.1, -0.05) is 60.6 Å². The van der Waals surface area contributed by atoms with E-state index in [2.05, 4.69) is 24.4 Å². The van der Waals surface area contributed by atoms with Gasteiger partial charge in [-0.2, -0.15) is 0 Å². The van der Waals surface area contributed by atoms with Gasteiger partial charge in [0.15, 0.2) is 0 Å². The predicted octanol–water partition coefficient (Wildman–Crippen LogP) is 9.71. The van der Waals surface area contributed by atoms with Gasteiger partial charge in [-0.3, -0.25) is 14.5 Å². The molecule has 5 heterocycles. The number of ether oxygens (including phenoxy) is 2. The SMILES string of the molecule is CCC1(C=C2OC(=O)C3=C2CCC2C4CCC5(C6=CCC7C(CCC8CCCCC87)SSCNc7cc(ccn7)C(CN7C(=O)C=CC7=O)C4=C5C(=O)O6)C32)CCCC1. The van der Waals surface area contributed by atoms with Gasteiger partial charge in [0, 0.05) is 53.1 Å². The maximum atomic E-state index is 15.0. The molecular weight excluding hydrogens is 779 g/mol. The Balaban J connectivity index is 1.11. The zero-order valence-corrected chi connectivity index (χ0v) is 35.7. The molecule has 0 radical (unpaired) electrons. The summed E-state index contributed by atoms with van der Waals surface area (Å²) in [6.07, 6.45) is 26.3. The van der Waals surface area contributed by atoms with Crippen molar-refractivity contribution >= 4 is 51.2 Å². The normalized spacial score (nSPS) is 37.8. The van der Waals surface area contributed by atoms with Gasteiger partial charge >= 0.3 is 11.9 Å². The first-order valence-corrected chi connectivity index (χ1v) is 25.0. The van der Waals surface area contributed by atoms with Crippen molar-refractivity contribution in [3.8, 4) is 0 Å². The van der Waals surface area contributed by atoms with Crippen molar-refractivity contribution < 1.29 is 28.7 Å². The largest absolute Gasteiger partial charge is 0.427 e. The van der Waals surface area contributed by atoms with Crippen LogP contribution in [-0.4, -0.2) is 51.3 Å². The van der Waals surface area contributed by atoms with Gasteiger partial charge < -0.3 is 14.8 Å². The Morgan fingerprint density at radius 3 is 2.58 bits per heavy atom. The summed E-state index contributed by atoms with van der Waals surface area (Å²) in [4.78, 5) is 62.2. The number of anilines is 1. The standard InChI is InChI=1S/C48H55N3O6S2/c1-2-47(19-5-6-20-47)24-35-33-11-10-32-31-17-21-48(43(32)42(33)45(54)56-35)37-14-12-30-29-8-4-3-7-27(29)9-13-36(30)59-58-26-50-38-23-28(18-22-49-38)34(41(31)44(48)46(55)57-37)25-51-39(52)15-16-40(51)53/h14-16,18,22-24,27,29-32,34,36,43H,2-13,17,19-21,25-26H2,1H3,(H,49,50). The third-order valence-electron chi connectivity index (χ3n) is 16.9. The van der Waals surface area contributed by atoms with Gasteiger partial charge in [0.05, 0.1) is 16.9 Å². The number of rotatable bonds is 4. The van der Waals surface area contributed by atoms with Crippen LogP contribution in [0, 0.1) is 46.3 Å². The van der Waals surface area contributed by atoms with Crippen LogP contribution in [0.4, 0.5) is 5.82 Å². The summed E-state index contributed by atoms with van der Waals surface area (Å²) in [5.74, 6) is 2.84. The van der Waals surface area contributed by atoms with E-state index in [1.54, 1.807) is 6.20 Å². The summed E-state index contributed by atoms with van der Waals surface area (Å²) >= 11 is 0. The van der Waals surface area contributed by atoms with Gasteiger partial charge in [-0.25, -0.2) is 14.6 Å². The molecule has 0 aromatic carbocycles. The van der Waals surface area contributed by atoms with Gasteiger partial charge in [-0.15, -0.1) is 0 Å². The number of nitrogens with one attached hydrogen (secondary N) is 1. The summed E-state index contributed by atoms with van der Waals surface area (Å²) in [6, 6.07) is 4.02. The average Bonchev–Trinajstić information content (AvgIpc) is 4.02. The average molecular weight is 834 g/mol. The van der Waals surface area contributed by atoms with Gasteiger partial charge in [0.25, 0.3) is 11.8 Å². The molecule has 11 heteroatoms. The van der Waals surface area contributed by atoms with Crippen LogP contribution in [0.15, 0.2) is 76.4 Å². The lowest BCUT2D eigenvalue weighted by atomic mass is 9.43. The molecule has 9 atom stereocenters. The summed E-state index contributed by atoms with van der Waals surface area (Å²) in [7, 11) is 3.85. The molecule has 12 rings (SSSR count). The van der Waals surface area contributed by atoms with Crippen LogP contribution in [0.5, 0.6) is 0 Å². The van der Waals surface area contributed by atoms with Crippen LogP contribution in [-0.2, 0) is 28.7 Å². The molecule has 1 aromatic heterocycles. The quantitative estimate of drug-likeness (QED) is 0.179. The van der Waals surface area contributed by atoms with Gasteiger partial charge in [0.2, 0.25) is 0 Å². The second-order valence-electron chi connectivity index (χ2n) is 19.2. The molecule has 2 amide bonds. The molecule has 7 bridgehead atoms. The minimum atomic E-state index is -0.837. The number of aromatic nitrogens is 1. The molecule has 310 valence electrons. The molecule has 11 aliphatic rings. The van der Waals surface area contributed by atoms with Crippen molar-refractivity contribution in [2.75, 3.05) is 17.7 Å². The first kappa shape index (κ1) is 38.4. The smallest absolute Gasteiger partial charge is 0.340 e. The van der Waals surface area contributed by atoms with Crippen molar-refractivity contribution in [3.05, 3.63) is 82.0 Å². The topological polar surface area (TPSA) is 115 Å². The highest BCUT2D eigenvalue weighted by molar-refractivity contribution is 8.77. The number of hydrogen-bond acceptors (Lipinski definition) is 10. The van der Waals surface area contributed by atoms with E-state index in [0.29, 0.717) is 35.0 Å². The molecule has 7 aliphatic carbocycles. The Kier molecular flexibility index (Phi) is 9.63. The van der Waals surface area contributed by atoms with E-state index >= 15 is 4.79 Å². The Labute approximate surface area is 355 Å². The first-order chi connectivity index (χ1) is 28.8. The van der Waals surface area contributed by atoms with Crippen LogP contribution in [0.25, 0.3) is 0 Å². The van der Waals surface area contributed by atoms with Crippen LogP contribution in [0.2, 0.25) is 0 Å². The van der Waals surface area contributed by atoms with Crippen LogP contribution in [0.1, 0.15) is 121 Å². The van der Waals surface area contributed by atoms with E-state index in [-0.39, 0.29) is 53.5 Å². The Morgan fingerprint density at radius 2 is 1.75 bits per heavy atom. The molecule has 1 aromatic rings. The van der Waals surface area contributed by atoms with Crippen LogP contribution in [0.3, 0.4) is 0 Å². The minimum absolute atomic E-state index is 0.0395. The number of imide groups is 1. The summed E-state index contributed by atoms with van der Waals surface area (Å²) < 4.78 is 13.1. The number of fused-ring (bicyclic) bond motifs is 6. The second-order valence-corrected chi connectivity index (χ2v) is 21.8. The third kappa shape index (κ3) is 6.04. The summed E-state index contributed by atoms with van der Waals surface area (Å²) in [5.41, 5.74) is 3.58. The van der Waals surface area contributed by atoms with Gasteiger partial charge in [-0.05, 0) is 141 Å². The van der Waals surface area contributed by atoms with E-state index < -0.39 is 11.3 Å². The lowest BCUT2D eigenvalue weighted by Crippen LogP contribution is -2.53. The molecule has 9 unspecified atom stereocenters. The Hall–Kier alpha value is -3.57. The molecule has 59 heavy (non-hydrogen) atoms. The lowest BCUT2D eigenvalue weighted by molar-refractivity contribution is -0.137. The Bertz CT molecular complexity index is 2150. The van der Waals surface area contributed by atoms with Crippen molar-refractivity contribution in [2.24, 2.45) is 46.3 Å². The second kappa shape index (κ2) is 14.8. The number of esters is 2. The molecule has 4 saturated carbocycles. The fourth-order valence-electron chi connectivity index (χ4n) is 14.2. The summed E-state index contributed by atoms with van der Waals surface area (Å²) in [5, 5.41) is 4.06. The highest BCUT2D eigenvalue weighted by atomic mass is 33.1. The number of nitrogens with zero attached hydrogens (tertiary/aromatic N) is 2. The maximum Gasteiger partial charge on any atom is 0.340 e. The number of pyridine rings is 1. The molecule has 1 saturated heterocycles. The van der Waals surface area contributed by atoms with Crippen molar-refractivity contribution in [3.63, 3.8) is 0 Å². The number of amides is 2. The fraction of sp³-hybridized carbons (Fsp3) is 0.604. The fourth-order valence-corrected chi connectivity index (χ4v) is 17.0. The zero-order valence-electron chi connectivity index (χ0n) is 34.0. The van der Waals surface area contributed by atoms with E-state index in [4.69, 9.17) is 14.5 Å². The van der Waals surface area contributed by atoms with Crippen molar-refractivity contribution in [2.45, 2.75) is 121 Å². The molecule has 1 spiro atoms. The summed E-state index contributed by atoms with van der Waals surface area (Å²) in [6.45, 7) is 2.37.